The quantitative estimate of drug-likeness (QED) is 0.775. The minimum absolute atomic E-state index is 0.0998. The van der Waals surface area contributed by atoms with Gasteiger partial charge < -0.3 is 14.5 Å². The molecule has 0 amide bonds. The maximum atomic E-state index is 11.8. The fourth-order valence-corrected chi connectivity index (χ4v) is 1.87. The van der Waals surface area contributed by atoms with Crippen LogP contribution in [-0.4, -0.2) is 25.9 Å². The summed E-state index contributed by atoms with van der Waals surface area (Å²) < 4.78 is 45.4. The highest BCUT2D eigenvalue weighted by molar-refractivity contribution is 5.23. The zero-order valence-corrected chi connectivity index (χ0v) is 11.4. The van der Waals surface area contributed by atoms with Crippen molar-refractivity contribution in [2.24, 2.45) is 0 Å². The summed E-state index contributed by atoms with van der Waals surface area (Å²) in [5.41, 5.74) is 1.08. The number of nitrogens with one attached hydrogen (secondary N) is 1. The van der Waals surface area contributed by atoms with Crippen molar-refractivity contribution in [1.82, 2.24) is 5.32 Å². The molecule has 0 saturated carbocycles. The molecule has 1 atom stereocenters. The van der Waals surface area contributed by atoms with Crippen molar-refractivity contribution in [3.8, 4) is 0 Å². The van der Waals surface area contributed by atoms with E-state index in [4.69, 9.17) is 4.42 Å². The lowest BCUT2D eigenvalue weighted by molar-refractivity contribution is -0.173. The zero-order chi connectivity index (χ0) is 14.5. The summed E-state index contributed by atoms with van der Waals surface area (Å²) in [5.74, 6) is 1.72. The Morgan fingerprint density at radius 1 is 1.37 bits per heavy atom. The Morgan fingerprint density at radius 3 is 2.58 bits per heavy atom. The van der Waals surface area contributed by atoms with Gasteiger partial charge in [0.15, 0.2) is 0 Å². The van der Waals surface area contributed by atoms with Crippen LogP contribution >= 0.6 is 0 Å². The third-order valence-electron chi connectivity index (χ3n) is 2.73. The predicted molar refractivity (Wildman–Crippen MR) is 66.1 cm³/mol. The molecule has 0 fully saturated rings. The Hall–Kier alpha value is -1.01. The van der Waals surface area contributed by atoms with Gasteiger partial charge in [-0.05, 0) is 39.8 Å². The van der Waals surface area contributed by atoms with Crippen LogP contribution < -0.4 is 5.32 Å². The van der Waals surface area contributed by atoms with E-state index in [1.54, 1.807) is 0 Å². The Balaban J connectivity index is 2.18. The molecule has 1 N–H and O–H groups in total. The fourth-order valence-electron chi connectivity index (χ4n) is 1.87. The molecule has 1 aromatic rings. The summed E-state index contributed by atoms with van der Waals surface area (Å²) in [6.45, 7) is 5.29. The van der Waals surface area contributed by atoms with E-state index < -0.39 is 12.8 Å². The number of hydrogen-bond acceptors (Lipinski definition) is 3. The third-order valence-corrected chi connectivity index (χ3v) is 2.73. The normalized spacial score (nSPS) is 13.8. The highest BCUT2D eigenvalue weighted by Gasteiger charge is 2.27. The van der Waals surface area contributed by atoms with Crippen LogP contribution in [0.15, 0.2) is 10.5 Å². The lowest BCUT2D eigenvalue weighted by Gasteiger charge is -2.13. The largest absolute Gasteiger partial charge is 0.466 e. The maximum Gasteiger partial charge on any atom is 0.411 e. The van der Waals surface area contributed by atoms with Crippen molar-refractivity contribution in [3.63, 3.8) is 0 Å². The molecule has 0 bridgehead atoms. The lowest BCUT2D eigenvalue weighted by atomic mass is 10.1. The standard InChI is InChI=1S/C13H20F3NO2/c1-9-7-12(11(3)19-9)10(2)17-5-4-6-18-8-13(14,15)16/h7,10,17H,4-6,8H2,1-3H3. The van der Waals surface area contributed by atoms with Crippen LogP contribution in [0, 0.1) is 13.8 Å². The van der Waals surface area contributed by atoms with Gasteiger partial charge in [-0.15, -0.1) is 0 Å². The molecule has 0 aromatic carbocycles. The summed E-state index contributed by atoms with van der Waals surface area (Å²) in [4.78, 5) is 0. The molecule has 0 radical (unpaired) electrons. The van der Waals surface area contributed by atoms with Crippen molar-refractivity contribution in [2.75, 3.05) is 19.8 Å². The molecule has 1 unspecified atom stereocenters. The van der Waals surface area contributed by atoms with Crippen LogP contribution in [-0.2, 0) is 4.74 Å². The Kier molecular flexibility index (Phi) is 5.87. The van der Waals surface area contributed by atoms with Gasteiger partial charge in [-0.1, -0.05) is 0 Å². The molecule has 0 saturated heterocycles. The minimum Gasteiger partial charge on any atom is -0.466 e. The van der Waals surface area contributed by atoms with E-state index in [-0.39, 0.29) is 12.6 Å². The monoisotopic (exact) mass is 279 g/mol. The number of ether oxygens (including phenoxy) is 1. The van der Waals surface area contributed by atoms with E-state index in [0.717, 1.165) is 17.1 Å². The molecule has 6 heteroatoms. The highest BCUT2D eigenvalue weighted by atomic mass is 19.4. The number of furan rings is 1. The second-order valence-corrected chi connectivity index (χ2v) is 4.57. The number of hydrogen-bond donors (Lipinski definition) is 1. The van der Waals surface area contributed by atoms with Gasteiger partial charge in [-0.25, -0.2) is 0 Å². The van der Waals surface area contributed by atoms with Gasteiger partial charge in [0.1, 0.15) is 18.1 Å². The molecule has 110 valence electrons. The van der Waals surface area contributed by atoms with Gasteiger partial charge in [-0.2, -0.15) is 13.2 Å². The highest BCUT2D eigenvalue weighted by Crippen LogP contribution is 2.21. The van der Waals surface area contributed by atoms with E-state index in [2.05, 4.69) is 10.1 Å². The Morgan fingerprint density at radius 2 is 2.05 bits per heavy atom. The molecule has 0 spiro atoms. The summed E-state index contributed by atoms with van der Waals surface area (Å²) in [6.07, 6.45) is -3.71. The van der Waals surface area contributed by atoms with Crippen molar-refractivity contribution >= 4 is 0 Å². The number of aryl methyl sites for hydroxylation is 2. The van der Waals surface area contributed by atoms with Gasteiger partial charge >= 0.3 is 6.18 Å². The number of rotatable bonds is 7. The zero-order valence-electron chi connectivity index (χ0n) is 11.4. The van der Waals surface area contributed by atoms with Gasteiger partial charge in [0.25, 0.3) is 0 Å². The average Bonchev–Trinajstić information content (AvgIpc) is 2.61. The van der Waals surface area contributed by atoms with E-state index in [0.29, 0.717) is 13.0 Å². The topological polar surface area (TPSA) is 34.4 Å². The minimum atomic E-state index is -4.24. The Bertz CT molecular complexity index is 388. The van der Waals surface area contributed by atoms with Crippen LogP contribution in [0.2, 0.25) is 0 Å². The smallest absolute Gasteiger partial charge is 0.411 e. The van der Waals surface area contributed by atoms with Crippen molar-refractivity contribution in [2.45, 2.75) is 39.4 Å². The van der Waals surface area contributed by atoms with Crippen LogP contribution in [0.1, 0.15) is 36.5 Å². The van der Waals surface area contributed by atoms with Crippen LogP contribution in [0.5, 0.6) is 0 Å². The lowest BCUT2D eigenvalue weighted by Crippen LogP contribution is -2.22. The van der Waals surface area contributed by atoms with Crippen molar-refractivity contribution in [3.05, 3.63) is 23.2 Å². The van der Waals surface area contributed by atoms with Crippen LogP contribution in [0.3, 0.4) is 0 Å². The van der Waals surface area contributed by atoms with Crippen LogP contribution in [0.4, 0.5) is 13.2 Å². The van der Waals surface area contributed by atoms with Gasteiger partial charge in [0, 0.05) is 18.2 Å². The van der Waals surface area contributed by atoms with Gasteiger partial charge in [0.05, 0.1) is 0 Å². The third kappa shape index (κ3) is 6.11. The molecule has 1 rings (SSSR count). The van der Waals surface area contributed by atoms with E-state index in [1.807, 2.05) is 26.8 Å². The average molecular weight is 279 g/mol. The van der Waals surface area contributed by atoms with Gasteiger partial charge in [-0.3, -0.25) is 0 Å². The first-order valence-electron chi connectivity index (χ1n) is 6.24. The summed E-state index contributed by atoms with van der Waals surface area (Å²) >= 11 is 0. The second kappa shape index (κ2) is 6.96. The summed E-state index contributed by atoms with van der Waals surface area (Å²) in [6, 6.07) is 2.08. The Labute approximate surface area is 111 Å². The van der Waals surface area contributed by atoms with Gasteiger partial charge in [0.2, 0.25) is 0 Å². The fraction of sp³-hybridized carbons (Fsp3) is 0.692. The molecule has 0 aliphatic rings. The van der Waals surface area contributed by atoms with E-state index in [9.17, 15) is 13.2 Å². The first-order chi connectivity index (χ1) is 8.79. The first kappa shape index (κ1) is 16.0. The molecule has 1 heterocycles. The molecule has 1 aromatic heterocycles. The summed E-state index contributed by atoms with van der Waals surface area (Å²) in [5, 5.41) is 3.23. The van der Waals surface area contributed by atoms with Crippen molar-refractivity contribution < 1.29 is 22.3 Å². The second-order valence-electron chi connectivity index (χ2n) is 4.57. The molecular formula is C13H20F3NO2. The number of alkyl halides is 3. The van der Waals surface area contributed by atoms with Crippen molar-refractivity contribution in [1.29, 1.82) is 0 Å². The van der Waals surface area contributed by atoms with E-state index >= 15 is 0 Å². The predicted octanol–water partition coefficient (Wildman–Crippen LogP) is 3.52. The van der Waals surface area contributed by atoms with Crippen LogP contribution in [0.25, 0.3) is 0 Å². The molecule has 0 aliphatic carbocycles. The van der Waals surface area contributed by atoms with E-state index in [1.165, 1.54) is 0 Å². The SMILES string of the molecule is Cc1cc(C(C)NCCCOCC(F)(F)F)c(C)o1. The summed E-state index contributed by atoms with van der Waals surface area (Å²) in [7, 11) is 0. The maximum absolute atomic E-state index is 11.8. The molecule has 19 heavy (non-hydrogen) atoms. The molecule has 0 aliphatic heterocycles. The molecular weight excluding hydrogens is 259 g/mol. The number of halogens is 3. The first-order valence-corrected chi connectivity index (χ1v) is 6.24. The molecule has 3 nitrogen and oxygen atoms in total.